The fourth-order valence-corrected chi connectivity index (χ4v) is 15.5. The van der Waals surface area contributed by atoms with Crippen LogP contribution in [0.1, 0.15) is 231 Å². The third-order valence-electron chi connectivity index (χ3n) is 14.8. The minimum atomic E-state index is -0.773. The topological polar surface area (TPSA) is 187 Å². The van der Waals surface area contributed by atoms with E-state index < -0.39 is 22.0 Å². The minimum absolute atomic E-state index is 0. The Morgan fingerprint density at radius 3 is 1.36 bits per heavy atom. The van der Waals surface area contributed by atoms with Crippen molar-refractivity contribution in [2.75, 3.05) is 50.9 Å². The summed E-state index contributed by atoms with van der Waals surface area (Å²) in [6.07, 6.45) is 36.1. The molecule has 0 aliphatic carbocycles. The number of amides is 2. The zero-order valence-electron chi connectivity index (χ0n) is 55.0. The van der Waals surface area contributed by atoms with Gasteiger partial charge in [0, 0.05) is 31.2 Å². The van der Waals surface area contributed by atoms with Crippen molar-refractivity contribution in [3.63, 3.8) is 0 Å². The molecule has 2 N–H and O–H groups in total. The van der Waals surface area contributed by atoms with Crippen molar-refractivity contribution in [3.05, 3.63) is 78.4 Å². The average Bonchev–Trinajstić information content (AvgIpc) is 3.54. The van der Waals surface area contributed by atoms with E-state index in [2.05, 4.69) is 38.8 Å². The van der Waals surface area contributed by atoms with E-state index in [1.807, 2.05) is 60.9 Å². The number of hydrogen-bond donors (Lipinski definition) is 0. The van der Waals surface area contributed by atoms with Gasteiger partial charge in [-0.25, -0.2) is 0 Å². The Bertz CT molecular complexity index is 2180. The largest absolute Gasteiger partial charge is 1.00 e. The predicted octanol–water partition coefficient (Wildman–Crippen LogP) is 11.8. The molecule has 0 radical (unpaired) electrons. The van der Waals surface area contributed by atoms with Crippen LogP contribution in [0, 0.1) is 16.7 Å². The van der Waals surface area contributed by atoms with Crippen LogP contribution in [-0.4, -0.2) is 120 Å². The molecule has 3 unspecified atom stereocenters. The maximum Gasteiger partial charge on any atom is 1.00 e. The summed E-state index contributed by atoms with van der Waals surface area (Å²) in [5.41, 5.74) is 0.759. The van der Waals surface area contributed by atoms with E-state index in [0.29, 0.717) is 55.3 Å². The van der Waals surface area contributed by atoms with Crippen LogP contribution in [0.4, 0.5) is 0 Å². The van der Waals surface area contributed by atoms with Crippen molar-refractivity contribution >= 4 is 121 Å². The summed E-state index contributed by atoms with van der Waals surface area (Å²) in [6, 6.07) is 20.2. The fourth-order valence-electron chi connectivity index (χ4n) is 9.76. The number of rotatable bonds is 42. The second-order valence-corrected chi connectivity index (χ2v) is 30.4. The number of ether oxygens (including phenoxy) is 2. The number of carbonyl (C=O) groups excluding carboxylic acids is 6. The normalized spacial score (nSPS) is 13.7. The van der Waals surface area contributed by atoms with Crippen LogP contribution < -0.4 is 59.1 Å². The van der Waals surface area contributed by atoms with E-state index in [4.69, 9.17) is 33.9 Å². The molecular formula is C68H106N2Na2O10S6-2. The van der Waals surface area contributed by atoms with Crippen LogP contribution in [0.2, 0.25) is 0 Å². The molecule has 0 spiro atoms. The van der Waals surface area contributed by atoms with Gasteiger partial charge in [-0.05, 0) is 61.2 Å². The molecule has 488 valence electrons. The molecule has 20 heteroatoms. The molecule has 2 aromatic rings. The zero-order valence-corrected chi connectivity index (χ0v) is 63.9. The first-order chi connectivity index (χ1) is 40.5. The molecule has 2 fully saturated rings. The van der Waals surface area contributed by atoms with Crippen LogP contribution >= 0.6 is 71.5 Å². The number of benzene rings is 2. The summed E-state index contributed by atoms with van der Waals surface area (Å²) >= 11 is 17.6. The maximum atomic E-state index is 13.3. The third kappa shape index (κ3) is 45.3. The molecule has 2 saturated heterocycles. The number of likely N-dealkylation sites (tertiary alicyclic amines) is 2. The molecule has 4 rings (SSSR count). The maximum absolute atomic E-state index is 13.3. The summed E-state index contributed by atoms with van der Waals surface area (Å²) in [5, 5.41) is -0.572. The Morgan fingerprint density at radius 1 is 0.591 bits per heavy atom. The SMILES string of the molecule is C=Cc1ccccc1.CCCCCCCCCCCCSC(=S)SC(CC(C)(C)[C-]=O)C(=O)OCCN1CCCC1=O.CCCCCCCCCCCCSC(=S)SC(CC(CC(C)(C)[C-]=O)C(=O)OCCN1CCCC1=O)c1ccccc1.[Na+].[Na+].[OH-].[OH-]. The molecule has 2 heterocycles. The van der Waals surface area contributed by atoms with Gasteiger partial charge in [0.25, 0.3) is 0 Å². The Hall–Kier alpha value is -1.10. The minimum Gasteiger partial charge on any atom is -0.870 e. The van der Waals surface area contributed by atoms with Crippen molar-refractivity contribution < 1.29 is 108 Å². The smallest absolute Gasteiger partial charge is 0.870 e. The number of hydrogen-bond acceptors (Lipinski definition) is 16. The van der Waals surface area contributed by atoms with Crippen molar-refractivity contribution in [2.45, 2.75) is 225 Å². The van der Waals surface area contributed by atoms with Gasteiger partial charge in [-0.15, -0.1) is 34.4 Å². The van der Waals surface area contributed by atoms with Crippen molar-refractivity contribution in [1.29, 1.82) is 0 Å². The first-order valence-electron chi connectivity index (χ1n) is 31.5. The van der Waals surface area contributed by atoms with E-state index >= 15 is 0 Å². The first kappa shape index (κ1) is 91.1. The van der Waals surface area contributed by atoms with Gasteiger partial charge in [-0.1, -0.05) is 285 Å². The third-order valence-corrected chi connectivity index (χ3v) is 20.6. The van der Waals surface area contributed by atoms with E-state index in [-0.39, 0.29) is 112 Å². The Labute approximate surface area is 604 Å². The van der Waals surface area contributed by atoms with Crippen molar-refractivity contribution in [2.24, 2.45) is 16.7 Å². The predicted molar refractivity (Wildman–Crippen MR) is 372 cm³/mol. The molecule has 0 aromatic heterocycles. The van der Waals surface area contributed by atoms with Gasteiger partial charge in [-0.3, -0.25) is 31.8 Å². The number of nitrogens with zero attached hydrogens (tertiary/aromatic N) is 2. The molecular weight excluding hydrogens is 1240 g/mol. The molecule has 3 atom stereocenters. The second-order valence-electron chi connectivity index (χ2n) is 23.4. The van der Waals surface area contributed by atoms with Crippen LogP contribution in [0.15, 0.2) is 67.2 Å². The van der Waals surface area contributed by atoms with E-state index in [1.165, 1.54) is 133 Å². The molecule has 2 aromatic carbocycles. The van der Waals surface area contributed by atoms with Gasteiger partial charge in [-0.2, -0.15) is 0 Å². The summed E-state index contributed by atoms with van der Waals surface area (Å²) in [6.45, 7) is 17.9. The number of thioether (sulfide) groups is 4. The zero-order chi connectivity index (χ0) is 61.7. The molecule has 2 aliphatic rings. The monoisotopic (exact) mass is 1350 g/mol. The van der Waals surface area contributed by atoms with E-state index in [1.54, 1.807) is 72.8 Å². The fraction of sp³-hybridized carbons (Fsp3) is 0.676. The summed E-state index contributed by atoms with van der Waals surface area (Å²) in [5.74, 6) is 1.01. The number of carbonyl (C=O) groups is 4. The van der Waals surface area contributed by atoms with Crippen molar-refractivity contribution in [3.8, 4) is 0 Å². The van der Waals surface area contributed by atoms with Gasteiger partial charge in [0.15, 0.2) is 0 Å². The van der Waals surface area contributed by atoms with Crippen LogP contribution in [-0.2, 0) is 38.2 Å². The molecule has 2 amide bonds. The van der Waals surface area contributed by atoms with Gasteiger partial charge < -0.3 is 39.8 Å². The van der Waals surface area contributed by atoms with Gasteiger partial charge >= 0.3 is 71.1 Å². The molecule has 88 heavy (non-hydrogen) atoms. The van der Waals surface area contributed by atoms with Crippen molar-refractivity contribution in [1.82, 2.24) is 9.80 Å². The molecule has 0 saturated carbocycles. The average molecular weight is 1350 g/mol. The summed E-state index contributed by atoms with van der Waals surface area (Å²) in [4.78, 5) is 76.2. The second kappa shape index (κ2) is 57.4. The van der Waals surface area contributed by atoms with Crippen LogP contribution in [0.3, 0.4) is 0 Å². The quantitative estimate of drug-likeness (QED) is 0.0201. The molecule has 12 nitrogen and oxygen atoms in total. The van der Waals surface area contributed by atoms with Crippen LogP contribution in [0.5, 0.6) is 0 Å². The number of thiocarbonyl (C=S) groups is 2. The summed E-state index contributed by atoms with van der Waals surface area (Å²) < 4.78 is 12.8. The molecule has 0 bridgehead atoms. The number of esters is 2. The summed E-state index contributed by atoms with van der Waals surface area (Å²) in [7, 11) is 0. The Kier molecular flexibility index (Phi) is 59.4. The van der Waals surface area contributed by atoms with Gasteiger partial charge in [0.05, 0.1) is 19.0 Å². The first-order valence-corrected chi connectivity index (χ1v) is 36.1. The Balaban J connectivity index is -0.00000141. The van der Waals surface area contributed by atoms with Crippen LogP contribution in [0.25, 0.3) is 6.08 Å². The van der Waals surface area contributed by atoms with E-state index in [0.717, 1.165) is 52.8 Å². The van der Waals surface area contributed by atoms with Gasteiger partial charge in [0.1, 0.15) is 25.5 Å². The Morgan fingerprint density at radius 2 is 0.977 bits per heavy atom. The number of unbranched alkanes of at least 4 members (excludes halogenated alkanes) is 18. The van der Waals surface area contributed by atoms with Gasteiger partial charge in [0.2, 0.25) is 11.8 Å². The standard InChI is InChI=1S/C34H52NO4S3.C26H44NO4S3.C8H8.2Na.2H2O/c1-4-5-6-7-8-9-10-11-12-16-24-41-33(40)42-30(28-18-14-13-15-19-28)25-29(26-34(2,3)27-36)32(38)39-23-22-35-21-17-20-31(35)37;1-4-5-6-7-8-9-10-11-12-13-19-33-25(32)34-22(20-26(2,3)21-28)24(30)31-18-17-27-16-14-15-23(27)29;1-2-8-6-4-3-5-7-8;;;;/h13-15,18-19,29-30H,4-12,16-17,20-26H2,1-3H3;22H,4-20H2,1-3H3;2-7H,1H2;;;2*1H2/q2*-1;;2*+1;;/p-2. The molecule has 2 aliphatic heterocycles. The van der Waals surface area contributed by atoms with E-state index in [9.17, 15) is 28.8 Å².